The Bertz CT molecular complexity index is 321. The van der Waals surface area contributed by atoms with Crippen molar-refractivity contribution < 1.29 is 19.2 Å². The highest BCUT2D eigenvalue weighted by molar-refractivity contribution is 5.77. The van der Waals surface area contributed by atoms with Crippen molar-refractivity contribution in [2.45, 2.75) is 110 Å². The van der Waals surface area contributed by atoms with Gasteiger partial charge >= 0.3 is 11.9 Å². The predicted molar refractivity (Wildman–Crippen MR) is 101 cm³/mol. The molecule has 0 aliphatic heterocycles. The van der Waals surface area contributed by atoms with Crippen LogP contribution in [0.5, 0.6) is 0 Å². The van der Waals surface area contributed by atoms with Crippen LogP contribution < -0.4 is 5.90 Å². The molecule has 0 saturated carbocycles. The summed E-state index contributed by atoms with van der Waals surface area (Å²) in [6, 6.07) is 0. The fourth-order valence-corrected chi connectivity index (χ4v) is 2.82. The van der Waals surface area contributed by atoms with Crippen LogP contribution in [-0.4, -0.2) is 18.5 Å². The minimum Gasteiger partial charge on any atom is -0.466 e. The summed E-state index contributed by atoms with van der Waals surface area (Å²) in [5.74, 6) is 3.74. The number of esters is 1. The van der Waals surface area contributed by atoms with Crippen molar-refractivity contribution in [3.8, 4) is 0 Å². The molecule has 148 valence electrons. The zero-order valence-electron chi connectivity index (χ0n) is 16.2. The van der Waals surface area contributed by atoms with Gasteiger partial charge in [-0.25, -0.2) is 0 Å². The summed E-state index contributed by atoms with van der Waals surface area (Å²) in [4.78, 5) is 26.1. The van der Waals surface area contributed by atoms with Gasteiger partial charge in [0.25, 0.3) is 0 Å². The highest BCUT2D eigenvalue weighted by Gasteiger charge is 2.07. The highest BCUT2D eigenvalue weighted by atomic mass is 16.7. The highest BCUT2D eigenvalue weighted by Crippen LogP contribution is 2.13. The maximum absolute atomic E-state index is 11.3. The summed E-state index contributed by atoms with van der Waals surface area (Å²) < 4.78 is 5.06. The van der Waals surface area contributed by atoms with E-state index in [1.54, 1.807) is 0 Å². The predicted octanol–water partition coefficient (Wildman–Crippen LogP) is 5.21. The van der Waals surface area contributed by atoms with Crippen LogP contribution in [0.25, 0.3) is 0 Å². The van der Waals surface area contributed by atoms with Gasteiger partial charge in [0.15, 0.2) is 0 Å². The normalized spacial score (nSPS) is 10.6. The van der Waals surface area contributed by atoms with Crippen molar-refractivity contribution in [1.29, 1.82) is 0 Å². The van der Waals surface area contributed by atoms with E-state index in [0.29, 0.717) is 6.61 Å². The molecule has 0 aromatic carbocycles. The number of carbonyl (C=O) groups excluding carboxylic acids is 2. The fraction of sp³-hybridized carbons (Fsp3) is 0.900. The molecule has 0 rings (SSSR count). The molecule has 0 unspecified atom stereocenters. The second-order valence-corrected chi connectivity index (χ2v) is 6.81. The average Bonchev–Trinajstić information content (AvgIpc) is 2.62. The average molecular weight is 358 g/mol. The zero-order valence-corrected chi connectivity index (χ0v) is 16.2. The molecule has 0 heterocycles. The summed E-state index contributed by atoms with van der Waals surface area (Å²) in [5.41, 5.74) is 0. The van der Waals surface area contributed by atoms with Crippen LogP contribution in [0.4, 0.5) is 0 Å². The Morgan fingerprint density at radius 2 is 1.04 bits per heavy atom. The van der Waals surface area contributed by atoms with Crippen molar-refractivity contribution in [3.05, 3.63) is 0 Å². The lowest BCUT2D eigenvalue weighted by Gasteiger charge is -2.05. The number of hydrogen-bond acceptors (Lipinski definition) is 5. The Labute approximate surface area is 154 Å². The zero-order chi connectivity index (χ0) is 18.6. The van der Waals surface area contributed by atoms with E-state index in [0.717, 1.165) is 12.8 Å². The first-order valence-electron chi connectivity index (χ1n) is 10.3. The second-order valence-electron chi connectivity index (χ2n) is 6.81. The molecule has 0 aliphatic rings. The Morgan fingerprint density at radius 3 is 1.48 bits per heavy atom. The topological polar surface area (TPSA) is 78.6 Å². The molecule has 5 heteroatoms. The minimum atomic E-state index is -0.589. The quantitative estimate of drug-likeness (QED) is 0.207. The molecular weight excluding hydrogens is 318 g/mol. The number of unbranched alkanes of at least 4 members (excludes halogenated alkanes) is 13. The van der Waals surface area contributed by atoms with Crippen molar-refractivity contribution in [1.82, 2.24) is 0 Å². The van der Waals surface area contributed by atoms with Crippen molar-refractivity contribution in [3.63, 3.8) is 0 Å². The Kier molecular flexibility index (Phi) is 18.4. The summed E-state index contributed by atoms with van der Waals surface area (Å²) in [5, 5.41) is 0. The largest absolute Gasteiger partial charge is 0.466 e. The molecule has 0 fully saturated rings. The van der Waals surface area contributed by atoms with E-state index < -0.39 is 5.97 Å². The third kappa shape index (κ3) is 19.1. The molecule has 0 amide bonds. The molecule has 0 aromatic heterocycles. The molecule has 0 atom stereocenters. The summed E-state index contributed by atoms with van der Waals surface area (Å²) in [6.07, 6.45) is 18.2. The third-order valence-corrected chi connectivity index (χ3v) is 4.43. The van der Waals surface area contributed by atoms with Crippen LogP contribution in [0.3, 0.4) is 0 Å². The molecule has 0 spiro atoms. The van der Waals surface area contributed by atoms with Crippen LogP contribution in [0.2, 0.25) is 0 Å². The molecule has 5 nitrogen and oxygen atoms in total. The molecule has 25 heavy (non-hydrogen) atoms. The first kappa shape index (κ1) is 23.9. The number of rotatable bonds is 18. The van der Waals surface area contributed by atoms with E-state index >= 15 is 0 Å². The van der Waals surface area contributed by atoms with Gasteiger partial charge in [0.05, 0.1) is 19.4 Å². The van der Waals surface area contributed by atoms with Gasteiger partial charge in [-0.3, -0.25) is 9.59 Å². The van der Waals surface area contributed by atoms with Gasteiger partial charge in [-0.2, -0.15) is 5.90 Å². The van der Waals surface area contributed by atoms with Gasteiger partial charge in [0.2, 0.25) is 0 Å². The van der Waals surface area contributed by atoms with E-state index in [4.69, 9.17) is 10.6 Å². The first-order chi connectivity index (χ1) is 12.2. The monoisotopic (exact) mass is 357 g/mol. The lowest BCUT2D eigenvalue weighted by atomic mass is 10.0. The van der Waals surface area contributed by atoms with Gasteiger partial charge in [-0.15, -0.1) is 0 Å². The van der Waals surface area contributed by atoms with Crippen LogP contribution >= 0.6 is 0 Å². The summed E-state index contributed by atoms with van der Waals surface area (Å²) in [7, 11) is 0. The Hall–Kier alpha value is -1.10. The molecule has 0 radical (unpaired) electrons. The smallest absolute Gasteiger partial charge is 0.325 e. The van der Waals surface area contributed by atoms with Crippen molar-refractivity contribution in [2.24, 2.45) is 5.90 Å². The lowest BCUT2D eigenvalue weighted by molar-refractivity contribution is -0.150. The SMILES string of the molecule is CCCCCCCCCCCCCCCCOC(=O)CCC(=O)ON. The Balaban J connectivity index is 3.14. The van der Waals surface area contributed by atoms with Crippen LogP contribution in [-0.2, 0) is 19.2 Å². The fourth-order valence-electron chi connectivity index (χ4n) is 2.82. The molecular formula is C20H39NO4. The van der Waals surface area contributed by atoms with Gasteiger partial charge < -0.3 is 9.57 Å². The van der Waals surface area contributed by atoms with Gasteiger partial charge in [0, 0.05) is 0 Å². The van der Waals surface area contributed by atoms with Crippen LogP contribution in [0.15, 0.2) is 0 Å². The molecule has 2 N–H and O–H groups in total. The molecule has 0 bridgehead atoms. The van der Waals surface area contributed by atoms with Crippen molar-refractivity contribution >= 4 is 11.9 Å². The maximum atomic E-state index is 11.3. The number of hydrogen-bond donors (Lipinski definition) is 1. The lowest BCUT2D eigenvalue weighted by Crippen LogP contribution is -2.13. The number of nitrogens with two attached hydrogens (primary N) is 1. The maximum Gasteiger partial charge on any atom is 0.325 e. The van der Waals surface area contributed by atoms with E-state index in [-0.39, 0.29) is 18.8 Å². The van der Waals surface area contributed by atoms with E-state index in [1.165, 1.54) is 77.0 Å². The van der Waals surface area contributed by atoms with Gasteiger partial charge in [-0.05, 0) is 6.42 Å². The summed E-state index contributed by atoms with van der Waals surface area (Å²) >= 11 is 0. The summed E-state index contributed by atoms with van der Waals surface area (Å²) in [6.45, 7) is 2.70. The van der Waals surface area contributed by atoms with E-state index in [1.807, 2.05) is 0 Å². The van der Waals surface area contributed by atoms with Crippen LogP contribution in [0, 0.1) is 0 Å². The van der Waals surface area contributed by atoms with Crippen molar-refractivity contribution in [2.75, 3.05) is 6.61 Å². The van der Waals surface area contributed by atoms with Crippen LogP contribution in [0.1, 0.15) is 110 Å². The third-order valence-electron chi connectivity index (χ3n) is 4.43. The second kappa shape index (κ2) is 19.2. The molecule has 0 saturated heterocycles. The molecule has 0 aliphatic carbocycles. The number of carbonyl (C=O) groups is 2. The van der Waals surface area contributed by atoms with Gasteiger partial charge in [0.1, 0.15) is 0 Å². The number of ether oxygens (including phenoxy) is 1. The molecule has 0 aromatic rings. The van der Waals surface area contributed by atoms with E-state index in [9.17, 15) is 9.59 Å². The van der Waals surface area contributed by atoms with Gasteiger partial charge in [-0.1, -0.05) is 90.4 Å². The van der Waals surface area contributed by atoms with E-state index in [2.05, 4.69) is 11.8 Å². The first-order valence-corrected chi connectivity index (χ1v) is 10.3. The standard InChI is InChI=1S/C20H39NO4/c1-2-3-4-5-6-7-8-9-10-11-12-13-14-15-18-24-19(22)16-17-20(23)25-21/h2-18,21H2,1H3. The Morgan fingerprint density at radius 1 is 0.640 bits per heavy atom. The minimum absolute atomic E-state index is 0.0198.